The number of amides is 2. The lowest BCUT2D eigenvalue weighted by atomic mass is 10.1. The van der Waals surface area contributed by atoms with Crippen LogP contribution in [0.4, 0.5) is 4.39 Å². The molecule has 0 radical (unpaired) electrons. The van der Waals surface area contributed by atoms with E-state index in [-0.39, 0.29) is 37.0 Å². The molecule has 0 aliphatic heterocycles. The lowest BCUT2D eigenvalue weighted by Crippen LogP contribution is -2.34. The summed E-state index contributed by atoms with van der Waals surface area (Å²) in [4.78, 5) is 28.8. The van der Waals surface area contributed by atoms with Gasteiger partial charge in [0, 0.05) is 32.4 Å². The minimum absolute atomic E-state index is 0.128. The van der Waals surface area contributed by atoms with Gasteiger partial charge in [0.15, 0.2) is 0 Å². The zero-order valence-electron chi connectivity index (χ0n) is 16.1. The predicted molar refractivity (Wildman–Crippen MR) is 107 cm³/mol. The molecule has 2 amide bonds. The monoisotopic (exact) mass is 394 g/mol. The number of rotatable bonds is 8. The second-order valence-electron chi connectivity index (χ2n) is 6.71. The number of aromatic nitrogens is 2. The van der Waals surface area contributed by atoms with Gasteiger partial charge in [0.2, 0.25) is 11.8 Å². The first-order valence-corrected chi connectivity index (χ1v) is 9.35. The molecule has 0 saturated carbocycles. The van der Waals surface area contributed by atoms with Gasteiger partial charge < -0.3 is 15.2 Å². The van der Waals surface area contributed by atoms with Gasteiger partial charge in [-0.2, -0.15) is 0 Å². The summed E-state index contributed by atoms with van der Waals surface area (Å²) in [6.45, 7) is 0.230. The summed E-state index contributed by atoms with van der Waals surface area (Å²) in [5.74, 6) is -0.0802. The van der Waals surface area contributed by atoms with Gasteiger partial charge in [0.25, 0.3) is 0 Å². The Morgan fingerprint density at radius 1 is 1.07 bits per heavy atom. The highest BCUT2D eigenvalue weighted by atomic mass is 19.1. The van der Waals surface area contributed by atoms with Gasteiger partial charge in [-0.25, -0.2) is 9.37 Å². The van der Waals surface area contributed by atoms with Crippen molar-refractivity contribution in [3.05, 3.63) is 89.8 Å². The Balaban J connectivity index is 1.57. The van der Waals surface area contributed by atoms with Crippen LogP contribution in [0.2, 0.25) is 0 Å². The number of carbonyl (C=O) groups excluding carboxylic acids is 2. The van der Waals surface area contributed by atoms with E-state index >= 15 is 0 Å². The first kappa shape index (κ1) is 20.3. The summed E-state index contributed by atoms with van der Waals surface area (Å²) in [7, 11) is 1.83. The molecule has 1 aromatic heterocycles. The fourth-order valence-electron chi connectivity index (χ4n) is 3.00. The van der Waals surface area contributed by atoms with Crippen LogP contribution in [0.25, 0.3) is 0 Å². The van der Waals surface area contributed by atoms with E-state index in [9.17, 15) is 14.0 Å². The van der Waals surface area contributed by atoms with E-state index in [4.69, 9.17) is 0 Å². The molecule has 2 N–H and O–H groups in total. The Morgan fingerprint density at radius 2 is 1.79 bits per heavy atom. The normalized spacial score (nSPS) is 11.7. The highest BCUT2D eigenvalue weighted by Crippen LogP contribution is 2.20. The molecule has 2 aromatic carbocycles. The third kappa shape index (κ3) is 5.75. The quantitative estimate of drug-likeness (QED) is 0.616. The maximum absolute atomic E-state index is 13.3. The predicted octanol–water partition coefficient (Wildman–Crippen LogP) is 2.51. The molecule has 6 nitrogen and oxygen atoms in total. The van der Waals surface area contributed by atoms with Crippen LogP contribution >= 0.6 is 0 Å². The fraction of sp³-hybridized carbons (Fsp3) is 0.227. The topological polar surface area (TPSA) is 76.0 Å². The molecule has 1 heterocycles. The summed E-state index contributed by atoms with van der Waals surface area (Å²) in [6.07, 6.45) is 3.82. The lowest BCUT2D eigenvalue weighted by molar-refractivity contribution is -0.122. The second kappa shape index (κ2) is 9.64. The molecular weight excluding hydrogens is 371 g/mol. The van der Waals surface area contributed by atoms with E-state index in [1.165, 1.54) is 12.1 Å². The van der Waals surface area contributed by atoms with E-state index in [1.54, 1.807) is 29.1 Å². The number of carbonyl (C=O) groups is 2. The SMILES string of the molecule is Cn1ccnc1C(NC(=O)CCNC(=O)Cc1ccccc1)c1ccc(F)cc1. The number of hydrogen-bond acceptors (Lipinski definition) is 3. The van der Waals surface area contributed by atoms with Crippen molar-refractivity contribution in [2.24, 2.45) is 7.05 Å². The number of halogens is 1. The average Bonchev–Trinajstić information content (AvgIpc) is 3.13. The van der Waals surface area contributed by atoms with E-state index in [1.807, 2.05) is 37.4 Å². The molecule has 0 aliphatic carbocycles. The van der Waals surface area contributed by atoms with Crippen LogP contribution in [0.5, 0.6) is 0 Å². The largest absolute Gasteiger partial charge is 0.355 e. The van der Waals surface area contributed by atoms with Gasteiger partial charge in [-0.3, -0.25) is 9.59 Å². The zero-order valence-corrected chi connectivity index (χ0v) is 16.1. The Hall–Kier alpha value is -3.48. The van der Waals surface area contributed by atoms with Gasteiger partial charge >= 0.3 is 0 Å². The van der Waals surface area contributed by atoms with Crippen LogP contribution in [0.3, 0.4) is 0 Å². The van der Waals surface area contributed by atoms with Crippen LogP contribution in [-0.4, -0.2) is 27.9 Å². The molecule has 3 aromatic rings. The number of nitrogens with one attached hydrogen (secondary N) is 2. The summed E-state index contributed by atoms with van der Waals surface area (Å²) in [6, 6.07) is 14.8. The molecule has 7 heteroatoms. The zero-order chi connectivity index (χ0) is 20.6. The number of aryl methyl sites for hydroxylation is 1. The van der Waals surface area contributed by atoms with E-state index < -0.39 is 6.04 Å². The molecule has 3 rings (SSSR count). The molecule has 0 spiro atoms. The van der Waals surface area contributed by atoms with Crippen LogP contribution in [0.15, 0.2) is 67.0 Å². The van der Waals surface area contributed by atoms with Crippen LogP contribution < -0.4 is 10.6 Å². The minimum Gasteiger partial charge on any atom is -0.355 e. The summed E-state index contributed by atoms with van der Waals surface area (Å²) < 4.78 is 15.1. The summed E-state index contributed by atoms with van der Waals surface area (Å²) in [5.41, 5.74) is 1.64. The van der Waals surface area contributed by atoms with Gasteiger partial charge in [-0.15, -0.1) is 0 Å². The Bertz CT molecular complexity index is 954. The Labute approximate surface area is 168 Å². The van der Waals surface area contributed by atoms with E-state index in [2.05, 4.69) is 15.6 Å². The molecule has 0 bridgehead atoms. The smallest absolute Gasteiger partial charge is 0.224 e. The highest BCUT2D eigenvalue weighted by molar-refractivity contribution is 5.80. The van der Waals surface area contributed by atoms with Crippen molar-refractivity contribution in [1.82, 2.24) is 20.2 Å². The minimum atomic E-state index is -0.511. The summed E-state index contributed by atoms with van der Waals surface area (Å²) in [5, 5.41) is 5.68. The maximum atomic E-state index is 13.3. The third-order valence-electron chi connectivity index (χ3n) is 4.51. The third-order valence-corrected chi connectivity index (χ3v) is 4.51. The fourth-order valence-corrected chi connectivity index (χ4v) is 3.00. The molecule has 1 atom stereocenters. The highest BCUT2D eigenvalue weighted by Gasteiger charge is 2.20. The molecule has 1 unspecified atom stereocenters. The lowest BCUT2D eigenvalue weighted by Gasteiger charge is -2.19. The average molecular weight is 394 g/mol. The van der Waals surface area contributed by atoms with Crippen molar-refractivity contribution in [3.8, 4) is 0 Å². The second-order valence-corrected chi connectivity index (χ2v) is 6.71. The van der Waals surface area contributed by atoms with Crippen molar-refractivity contribution in [2.45, 2.75) is 18.9 Å². The molecule has 0 aliphatic rings. The summed E-state index contributed by atoms with van der Waals surface area (Å²) >= 11 is 0. The van der Waals surface area contributed by atoms with E-state index in [0.29, 0.717) is 5.82 Å². The van der Waals surface area contributed by atoms with Crippen LogP contribution in [0, 0.1) is 5.82 Å². The van der Waals surface area contributed by atoms with Gasteiger partial charge in [0.05, 0.1) is 6.42 Å². The van der Waals surface area contributed by atoms with Crippen molar-refractivity contribution in [3.63, 3.8) is 0 Å². The number of nitrogens with zero attached hydrogens (tertiary/aromatic N) is 2. The molecule has 0 fully saturated rings. The number of benzene rings is 2. The standard InChI is InChI=1S/C22H23FN4O2/c1-27-14-13-25-22(27)21(17-7-9-18(23)10-8-17)26-19(28)11-12-24-20(29)15-16-5-3-2-4-6-16/h2-10,13-14,21H,11-12,15H2,1H3,(H,24,29)(H,26,28). The van der Waals surface area contributed by atoms with Crippen LogP contribution in [0.1, 0.15) is 29.4 Å². The maximum Gasteiger partial charge on any atom is 0.224 e. The van der Waals surface area contributed by atoms with Gasteiger partial charge in [-0.1, -0.05) is 42.5 Å². The first-order chi connectivity index (χ1) is 14.0. The van der Waals surface area contributed by atoms with Gasteiger partial charge in [-0.05, 0) is 23.3 Å². The van der Waals surface area contributed by atoms with Crippen LogP contribution in [-0.2, 0) is 23.1 Å². The molecule has 150 valence electrons. The number of imidazole rings is 1. The van der Waals surface area contributed by atoms with Crippen molar-refractivity contribution in [2.75, 3.05) is 6.54 Å². The molecule has 0 saturated heterocycles. The Morgan fingerprint density at radius 3 is 2.45 bits per heavy atom. The van der Waals surface area contributed by atoms with Gasteiger partial charge in [0.1, 0.15) is 17.7 Å². The first-order valence-electron chi connectivity index (χ1n) is 9.35. The molecular formula is C22H23FN4O2. The van der Waals surface area contributed by atoms with Crippen molar-refractivity contribution in [1.29, 1.82) is 0 Å². The molecule has 29 heavy (non-hydrogen) atoms. The van der Waals surface area contributed by atoms with Crippen molar-refractivity contribution >= 4 is 11.8 Å². The van der Waals surface area contributed by atoms with Crippen molar-refractivity contribution < 1.29 is 14.0 Å². The Kier molecular flexibility index (Phi) is 6.73. The number of hydrogen-bond donors (Lipinski definition) is 2. The van der Waals surface area contributed by atoms with E-state index in [0.717, 1.165) is 11.1 Å².